The van der Waals surface area contributed by atoms with Gasteiger partial charge in [-0.15, -0.1) is 24.8 Å². The molecule has 1 atom stereocenters. The van der Waals surface area contributed by atoms with E-state index in [1.165, 1.54) is 11.3 Å². The number of ether oxygens (including phenoxy) is 1. The molecule has 5 nitrogen and oxygen atoms in total. The number of carbonyl (C=O) groups is 1. The van der Waals surface area contributed by atoms with Crippen molar-refractivity contribution in [1.29, 1.82) is 0 Å². The molecule has 1 amide bonds. The number of halogens is 2. The highest BCUT2D eigenvalue weighted by molar-refractivity contribution is 5.85. The van der Waals surface area contributed by atoms with E-state index in [-0.39, 0.29) is 36.8 Å². The van der Waals surface area contributed by atoms with E-state index in [4.69, 9.17) is 4.74 Å². The highest BCUT2D eigenvalue weighted by Gasteiger charge is 2.29. The van der Waals surface area contributed by atoms with Gasteiger partial charge in [-0.2, -0.15) is 0 Å². The molecular formula is C16H25Cl2N3O2. The van der Waals surface area contributed by atoms with Crippen molar-refractivity contribution < 1.29 is 9.53 Å². The molecule has 2 saturated heterocycles. The molecule has 0 saturated carbocycles. The molecule has 0 bridgehead atoms. The Morgan fingerprint density at radius 2 is 1.96 bits per heavy atom. The summed E-state index contributed by atoms with van der Waals surface area (Å²) in [6.45, 7) is 7.52. The molecule has 2 aliphatic heterocycles. The van der Waals surface area contributed by atoms with Gasteiger partial charge in [-0.05, 0) is 24.6 Å². The molecule has 2 aliphatic rings. The molecule has 7 heteroatoms. The average Bonchev–Trinajstić information content (AvgIpc) is 2.55. The SMILES string of the molecule is Cc1cccc(N2CCN(C(=O)C3CNCCO3)CC2)c1.Cl.Cl. The van der Waals surface area contributed by atoms with Crippen LogP contribution in [0, 0.1) is 6.92 Å². The summed E-state index contributed by atoms with van der Waals surface area (Å²) < 4.78 is 5.55. The van der Waals surface area contributed by atoms with Crippen LogP contribution in [0.4, 0.5) is 5.69 Å². The van der Waals surface area contributed by atoms with Gasteiger partial charge in [0.15, 0.2) is 0 Å². The molecule has 3 rings (SSSR count). The number of anilines is 1. The van der Waals surface area contributed by atoms with Gasteiger partial charge in [0.1, 0.15) is 6.10 Å². The molecule has 1 aromatic rings. The van der Waals surface area contributed by atoms with Crippen molar-refractivity contribution in [2.24, 2.45) is 0 Å². The molecule has 0 aromatic heterocycles. The quantitative estimate of drug-likeness (QED) is 0.866. The van der Waals surface area contributed by atoms with Crippen LogP contribution in [0.5, 0.6) is 0 Å². The highest BCUT2D eigenvalue weighted by Crippen LogP contribution is 2.18. The normalized spacial score (nSPS) is 21.2. The second-order valence-corrected chi connectivity index (χ2v) is 5.71. The Labute approximate surface area is 150 Å². The van der Waals surface area contributed by atoms with Crippen LogP contribution in [-0.2, 0) is 9.53 Å². The number of hydrogen-bond acceptors (Lipinski definition) is 4. The van der Waals surface area contributed by atoms with Crippen molar-refractivity contribution in [2.75, 3.05) is 50.8 Å². The molecule has 130 valence electrons. The van der Waals surface area contributed by atoms with Crippen LogP contribution < -0.4 is 10.2 Å². The number of piperazine rings is 1. The summed E-state index contributed by atoms with van der Waals surface area (Å²) in [4.78, 5) is 16.7. The number of aryl methyl sites for hydroxylation is 1. The van der Waals surface area contributed by atoms with Gasteiger partial charge in [0.05, 0.1) is 6.61 Å². The van der Waals surface area contributed by atoms with Crippen molar-refractivity contribution in [2.45, 2.75) is 13.0 Å². The number of benzene rings is 1. The van der Waals surface area contributed by atoms with Crippen molar-refractivity contribution in [3.8, 4) is 0 Å². The molecule has 1 N–H and O–H groups in total. The van der Waals surface area contributed by atoms with Gasteiger partial charge in [-0.25, -0.2) is 0 Å². The summed E-state index contributed by atoms with van der Waals surface area (Å²) in [6.07, 6.45) is -0.302. The summed E-state index contributed by atoms with van der Waals surface area (Å²) in [6, 6.07) is 8.53. The van der Waals surface area contributed by atoms with E-state index in [1.54, 1.807) is 0 Å². The molecular weight excluding hydrogens is 337 g/mol. The first-order valence-electron chi connectivity index (χ1n) is 7.67. The Morgan fingerprint density at radius 3 is 2.57 bits per heavy atom. The van der Waals surface area contributed by atoms with Gasteiger partial charge in [0.25, 0.3) is 5.91 Å². The monoisotopic (exact) mass is 361 g/mol. The Morgan fingerprint density at radius 1 is 1.22 bits per heavy atom. The van der Waals surface area contributed by atoms with Crippen LogP contribution >= 0.6 is 24.8 Å². The topological polar surface area (TPSA) is 44.8 Å². The van der Waals surface area contributed by atoms with E-state index in [2.05, 4.69) is 41.4 Å². The predicted octanol–water partition coefficient (Wildman–Crippen LogP) is 1.48. The van der Waals surface area contributed by atoms with E-state index < -0.39 is 0 Å². The molecule has 2 fully saturated rings. The third kappa shape index (κ3) is 4.98. The van der Waals surface area contributed by atoms with Crippen molar-refractivity contribution >= 4 is 36.4 Å². The summed E-state index contributed by atoms with van der Waals surface area (Å²) in [5.41, 5.74) is 2.52. The highest BCUT2D eigenvalue weighted by atomic mass is 35.5. The molecule has 2 heterocycles. The average molecular weight is 362 g/mol. The first-order chi connectivity index (χ1) is 10.2. The lowest BCUT2D eigenvalue weighted by Gasteiger charge is -2.38. The van der Waals surface area contributed by atoms with Crippen molar-refractivity contribution in [3.63, 3.8) is 0 Å². The summed E-state index contributed by atoms with van der Waals surface area (Å²) in [7, 11) is 0. The number of hydrogen-bond donors (Lipinski definition) is 1. The minimum atomic E-state index is -0.302. The number of nitrogens with zero attached hydrogens (tertiary/aromatic N) is 2. The van der Waals surface area contributed by atoms with Crippen molar-refractivity contribution in [3.05, 3.63) is 29.8 Å². The van der Waals surface area contributed by atoms with Gasteiger partial charge >= 0.3 is 0 Å². The van der Waals surface area contributed by atoms with E-state index in [0.29, 0.717) is 13.2 Å². The van der Waals surface area contributed by atoms with Crippen LogP contribution in [0.1, 0.15) is 5.56 Å². The Kier molecular flexibility index (Phi) is 8.12. The Bertz CT molecular complexity index is 502. The predicted molar refractivity (Wildman–Crippen MR) is 97.1 cm³/mol. The zero-order valence-electron chi connectivity index (χ0n) is 13.4. The molecule has 1 unspecified atom stereocenters. The Hall–Kier alpha value is -1.01. The van der Waals surface area contributed by atoms with Gasteiger partial charge < -0.3 is 19.9 Å². The summed E-state index contributed by atoms with van der Waals surface area (Å²) >= 11 is 0. The van der Waals surface area contributed by atoms with Gasteiger partial charge in [-0.1, -0.05) is 12.1 Å². The Balaban J connectivity index is 0.00000132. The maximum Gasteiger partial charge on any atom is 0.253 e. The lowest BCUT2D eigenvalue weighted by Crippen LogP contribution is -2.55. The molecule has 0 radical (unpaired) electrons. The molecule has 0 spiro atoms. The van der Waals surface area contributed by atoms with Gasteiger partial charge in [0.2, 0.25) is 0 Å². The number of rotatable bonds is 2. The lowest BCUT2D eigenvalue weighted by molar-refractivity contribution is -0.145. The zero-order valence-corrected chi connectivity index (χ0v) is 15.0. The smallest absolute Gasteiger partial charge is 0.253 e. The maximum atomic E-state index is 12.4. The van der Waals surface area contributed by atoms with Gasteiger partial charge in [0, 0.05) is 45.0 Å². The second-order valence-electron chi connectivity index (χ2n) is 5.71. The van der Waals surface area contributed by atoms with E-state index in [0.717, 1.165) is 32.7 Å². The molecule has 23 heavy (non-hydrogen) atoms. The standard InChI is InChI=1S/C16H23N3O2.2ClH/c1-13-3-2-4-14(11-13)18-6-8-19(9-7-18)16(20)15-12-17-5-10-21-15;;/h2-4,11,15,17H,5-10,12H2,1H3;2*1H. The fourth-order valence-electron chi connectivity index (χ4n) is 2.94. The molecule has 0 aliphatic carbocycles. The minimum Gasteiger partial charge on any atom is -0.368 e. The maximum absolute atomic E-state index is 12.4. The molecule has 1 aromatic carbocycles. The number of amides is 1. The largest absolute Gasteiger partial charge is 0.368 e. The number of carbonyl (C=O) groups excluding carboxylic acids is 1. The first kappa shape index (κ1) is 20.0. The fraction of sp³-hybridized carbons (Fsp3) is 0.562. The minimum absolute atomic E-state index is 0. The van der Waals surface area contributed by atoms with Crippen LogP contribution in [0.15, 0.2) is 24.3 Å². The summed E-state index contributed by atoms with van der Waals surface area (Å²) in [5, 5.41) is 3.21. The third-order valence-electron chi connectivity index (χ3n) is 4.16. The van der Waals surface area contributed by atoms with Crippen LogP contribution in [0.2, 0.25) is 0 Å². The van der Waals surface area contributed by atoms with E-state index in [1.807, 2.05) is 4.90 Å². The lowest BCUT2D eigenvalue weighted by atomic mass is 10.2. The van der Waals surface area contributed by atoms with E-state index >= 15 is 0 Å². The second kappa shape index (κ2) is 9.33. The summed E-state index contributed by atoms with van der Waals surface area (Å²) in [5.74, 6) is 0.131. The van der Waals surface area contributed by atoms with Crippen LogP contribution in [0.3, 0.4) is 0 Å². The van der Waals surface area contributed by atoms with E-state index in [9.17, 15) is 4.79 Å². The van der Waals surface area contributed by atoms with Gasteiger partial charge in [-0.3, -0.25) is 4.79 Å². The van der Waals surface area contributed by atoms with Crippen LogP contribution in [0.25, 0.3) is 0 Å². The number of morpholine rings is 1. The third-order valence-corrected chi connectivity index (χ3v) is 4.16. The first-order valence-corrected chi connectivity index (χ1v) is 7.67. The zero-order chi connectivity index (χ0) is 14.7. The van der Waals surface area contributed by atoms with Crippen molar-refractivity contribution in [1.82, 2.24) is 10.2 Å². The number of nitrogens with one attached hydrogen (secondary N) is 1. The van der Waals surface area contributed by atoms with Crippen LogP contribution in [-0.4, -0.2) is 62.8 Å². The fourth-order valence-corrected chi connectivity index (χ4v) is 2.94.